The number of benzene rings is 4. The highest BCUT2D eigenvalue weighted by Crippen LogP contribution is 2.56. The van der Waals surface area contributed by atoms with Crippen LogP contribution in [0, 0.1) is 0 Å². The van der Waals surface area contributed by atoms with Crippen molar-refractivity contribution in [1.82, 2.24) is 10.6 Å². The molecule has 0 saturated carbocycles. The normalized spacial score (nSPS) is 15.6. The molecule has 3 atom stereocenters. The lowest BCUT2D eigenvalue weighted by Gasteiger charge is -2.37. The molecule has 316 valence electrons. The average Bonchev–Trinajstić information content (AvgIpc) is 3.54. The van der Waals surface area contributed by atoms with E-state index in [0.29, 0.717) is 79.0 Å². The Kier molecular flexibility index (Phi) is 14.8. The largest absolute Gasteiger partial charge is 0.456 e. The molecule has 2 aliphatic rings. The van der Waals surface area contributed by atoms with Gasteiger partial charge in [0.15, 0.2) is 5.60 Å². The summed E-state index contributed by atoms with van der Waals surface area (Å²) in [6.45, 7) is 5.77. The minimum absolute atomic E-state index is 0.0329. The van der Waals surface area contributed by atoms with Gasteiger partial charge in [-0.25, -0.2) is 9.59 Å². The van der Waals surface area contributed by atoms with Gasteiger partial charge in [0.2, 0.25) is 17.7 Å². The number of nitrogens with one attached hydrogen (secondary N) is 4. The van der Waals surface area contributed by atoms with Crippen LogP contribution in [-0.4, -0.2) is 95.2 Å². The first-order valence-corrected chi connectivity index (χ1v) is 19.5. The molecule has 0 aromatic heterocycles. The Bertz CT molecular complexity index is 2170. The van der Waals surface area contributed by atoms with E-state index >= 15 is 0 Å². The van der Waals surface area contributed by atoms with Crippen molar-refractivity contribution in [1.29, 1.82) is 0 Å². The summed E-state index contributed by atoms with van der Waals surface area (Å²) in [5.41, 5.74) is 2.23. The van der Waals surface area contributed by atoms with Crippen molar-refractivity contribution in [2.24, 2.45) is 0 Å². The number of alkyl carbamates (subject to hydrolysis) is 1. The Labute approximate surface area is 347 Å². The number of methoxy groups -OCH3 is 1. The van der Waals surface area contributed by atoms with Crippen LogP contribution < -0.4 is 26.0 Å². The number of anilines is 2. The summed E-state index contributed by atoms with van der Waals surface area (Å²) < 4.78 is 39.1. The predicted molar refractivity (Wildman–Crippen MR) is 218 cm³/mol. The maximum atomic E-state index is 13.3. The number of ether oxygens (including phenoxy) is 7. The van der Waals surface area contributed by atoms with Gasteiger partial charge < -0.3 is 54.4 Å². The summed E-state index contributed by atoms with van der Waals surface area (Å²) in [4.78, 5) is 64.6. The Balaban J connectivity index is 1.08. The molecule has 4 aromatic rings. The molecule has 16 heteroatoms. The van der Waals surface area contributed by atoms with E-state index in [1.807, 2.05) is 30.3 Å². The maximum Gasteiger partial charge on any atom is 0.408 e. The molecule has 0 saturated heterocycles. The van der Waals surface area contributed by atoms with Gasteiger partial charge in [0.1, 0.15) is 30.2 Å². The summed E-state index contributed by atoms with van der Waals surface area (Å²) in [6, 6.07) is 24.2. The van der Waals surface area contributed by atoms with E-state index in [9.17, 15) is 24.0 Å². The zero-order chi connectivity index (χ0) is 42.5. The zero-order valence-electron chi connectivity index (χ0n) is 33.6. The first kappa shape index (κ1) is 43.3. The standard InChI is InChI=1S/C44H48N4O12/c1-28(45-40(50)29(2)46-43(53)58-27-30-9-5-4-6-10-30)41(51)48-32-14-16-36-38(26-32)59-37-25-31(47-39(49)17-18-55-21-22-57-24-23-56-20-19-54-3)13-15-35(37)44(36)34-12-8-7-11-33(34)42(52)60-44/h4-16,25-26,28-29H,17-24,27H2,1-3H3,(H,45,50)(H,46,53)(H,47,49)(H,48,51)/t28-,29-,44?/m0/s1. The number of hydrogen-bond donors (Lipinski definition) is 4. The second kappa shape index (κ2) is 20.6. The van der Waals surface area contributed by atoms with Crippen LogP contribution in [0.15, 0.2) is 91.0 Å². The monoisotopic (exact) mass is 824 g/mol. The van der Waals surface area contributed by atoms with Crippen molar-refractivity contribution >= 4 is 41.2 Å². The molecule has 60 heavy (non-hydrogen) atoms. The number of carbonyl (C=O) groups excluding carboxylic acids is 5. The number of carbonyl (C=O) groups is 5. The highest BCUT2D eigenvalue weighted by molar-refractivity contribution is 5.99. The number of rotatable bonds is 20. The molecule has 0 radical (unpaired) electrons. The molecule has 1 unspecified atom stereocenters. The van der Waals surface area contributed by atoms with Crippen molar-refractivity contribution < 1.29 is 57.1 Å². The van der Waals surface area contributed by atoms with Crippen LogP contribution >= 0.6 is 0 Å². The SMILES string of the molecule is COCCOCCOCCOCCC(=O)Nc1ccc2c(c1)Oc1cc(NC(=O)[C@H](C)NC(=O)[C@H](C)NC(=O)OCc3ccccc3)ccc1C21OC(=O)c2ccccc21. The van der Waals surface area contributed by atoms with Crippen molar-refractivity contribution in [2.45, 2.75) is 44.6 Å². The molecule has 0 bridgehead atoms. The number of fused-ring (bicyclic) bond motifs is 6. The van der Waals surface area contributed by atoms with Gasteiger partial charge in [-0.15, -0.1) is 0 Å². The van der Waals surface area contributed by atoms with Gasteiger partial charge in [-0.05, 0) is 49.7 Å². The summed E-state index contributed by atoms with van der Waals surface area (Å²) in [5.74, 6) is -1.34. The minimum Gasteiger partial charge on any atom is -0.456 e. The van der Waals surface area contributed by atoms with E-state index in [0.717, 1.165) is 5.56 Å². The topological polar surface area (TPSA) is 198 Å². The molecule has 0 fully saturated rings. The number of esters is 1. The summed E-state index contributed by atoms with van der Waals surface area (Å²) in [5, 5.41) is 10.7. The van der Waals surface area contributed by atoms with Crippen LogP contribution in [0.25, 0.3) is 0 Å². The maximum absolute atomic E-state index is 13.3. The predicted octanol–water partition coefficient (Wildman–Crippen LogP) is 5.04. The molecule has 16 nitrogen and oxygen atoms in total. The van der Waals surface area contributed by atoms with E-state index in [4.69, 9.17) is 33.2 Å². The molecule has 2 heterocycles. The van der Waals surface area contributed by atoms with Gasteiger partial charge >= 0.3 is 12.1 Å². The van der Waals surface area contributed by atoms with Crippen molar-refractivity contribution in [3.8, 4) is 11.5 Å². The minimum atomic E-state index is -1.39. The van der Waals surface area contributed by atoms with Crippen LogP contribution in [0.1, 0.15) is 52.9 Å². The molecule has 2 aliphatic heterocycles. The van der Waals surface area contributed by atoms with Crippen LogP contribution in [0.4, 0.5) is 16.2 Å². The van der Waals surface area contributed by atoms with Gasteiger partial charge in [0, 0.05) is 47.3 Å². The first-order chi connectivity index (χ1) is 29.1. The molecule has 4 aromatic carbocycles. The van der Waals surface area contributed by atoms with Crippen molar-refractivity contribution in [3.05, 3.63) is 119 Å². The Morgan fingerprint density at radius 3 is 1.90 bits per heavy atom. The molecule has 0 aliphatic carbocycles. The van der Waals surface area contributed by atoms with Crippen LogP contribution in [-0.2, 0) is 55.0 Å². The van der Waals surface area contributed by atoms with Crippen LogP contribution in [0.5, 0.6) is 11.5 Å². The summed E-state index contributed by atoms with van der Waals surface area (Å²) in [7, 11) is 1.61. The lowest BCUT2D eigenvalue weighted by Crippen LogP contribution is -2.50. The van der Waals surface area contributed by atoms with Gasteiger partial charge in [-0.2, -0.15) is 0 Å². The fourth-order valence-corrected chi connectivity index (χ4v) is 6.57. The van der Waals surface area contributed by atoms with Crippen LogP contribution in [0.3, 0.4) is 0 Å². The Morgan fingerprint density at radius 1 is 0.650 bits per heavy atom. The number of hydrogen-bond acceptors (Lipinski definition) is 12. The number of amides is 4. The third-order valence-corrected chi connectivity index (χ3v) is 9.61. The van der Waals surface area contributed by atoms with Gasteiger partial charge in [0.25, 0.3) is 0 Å². The Morgan fingerprint density at radius 2 is 1.23 bits per heavy atom. The molecule has 6 rings (SSSR count). The van der Waals surface area contributed by atoms with Crippen molar-refractivity contribution in [3.63, 3.8) is 0 Å². The summed E-state index contributed by atoms with van der Waals surface area (Å²) in [6.07, 6.45) is -0.689. The van der Waals surface area contributed by atoms with E-state index in [2.05, 4.69) is 21.3 Å². The molecule has 4 N–H and O–H groups in total. The molecule has 4 amide bonds. The van der Waals surface area contributed by atoms with Gasteiger partial charge in [-0.1, -0.05) is 48.5 Å². The molecular weight excluding hydrogens is 776 g/mol. The summed E-state index contributed by atoms with van der Waals surface area (Å²) >= 11 is 0. The lowest BCUT2D eigenvalue weighted by molar-refractivity contribution is -0.127. The zero-order valence-corrected chi connectivity index (χ0v) is 33.6. The van der Waals surface area contributed by atoms with Crippen LogP contribution in [0.2, 0.25) is 0 Å². The Hall–Kier alpha value is -6.33. The molecular formula is C44H48N4O12. The third kappa shape index (κ3) is 10.6. The van der Waals surface area contributed by atoms with E-state index in [1.165, 1.54) is 13.8 Å². The van der Waals surface area contributed by atoms with E-state index in [-0.39, 0.29) is 31.3 Å². The quantitative estimate of drug-likeness (QED) is 0.0686. The highest BCUT2D eigenvalue weighted by Gasteiger charge is 2.53. The fourth-order valence-electron chi connectivity index (χ4n) is 6.57. The van der Waals surface area contributed by atoms with Gasteiger partial charge in [0.05, 0.1) is 58.2 Å². The highest BCUT2D eigenvalue weighted by atomic mass is 16.6. The second-order valence-corrected chi connectivity index (χ2v) is 13.9. The third-order valence-electron chi connectivity index (χ3n) is 9.61. The average molecular weight is 825 g/mol. The fraction of sp³-hybridized carbons (Fsp3) is 0.341. The van der Waals surface area contributed by atoms with Gasteiger partial charge in [-0.3, -0.25) is 14.4 Å². The van der Waals surface area contributed by atoms with E-state index < -0.39 is 41.6 Å². The van der Waals surface area contributed by atoms with E-state index in [1.54, 1.807) is 67.8 Å². The first-order valence-electron chi connectivity index (χ1n) is 19.5. The smallest absolute Gasteiger partial charge is 0.408 e. The van der Waals surface area contributed by atoms with Crippen molar-refractivity contribution in [2.75, 3.05) is 64.0 Å². The lowest BCUT2D eigenvalue weighted by atomic mass is 9.77. The molecule has 1 spiro atoms. The second-order valence-electron chi connectivity index (χ2n) is 13.9.